The van der Waals surface area contributed by atoms with Crippen molar-refractivity contribution in [1.82, 2.24) is 5.32 Å². The predicted octanol–water partition coefficient (Wildman–Crippen LogP) is 3.72. The molecule has 1 aromatic carbocycles. The van der Waals surface area contributed by atoms with Crippen LogP contribution in [0.25, 0.3) is 0 Å². The van der Waals surface area contributed by atoms with Gasteiger partial charge in [0, 0.05) is 22.7 Å². The van der Waals surface area contributed by atoms with Crippen molar-refractivity contribution < 1.29 is 4.74 Å². The van der Waals surface area contributed by atoms with Crippen LogP contribution in [-0.4, -0.2) is 13.2 Å². The molecule has 0 saturated carbocycles. The van der Waals surface area contributed by atoms with Gasteiger partial charge in [0.1, 0.15) is 5.75 Å². The average Bonchev–Trinajstić information content (AvgIpc) is 2.29. The van der Waals surface area contributed by atoms with E-state index in [1.54, 1.807) is 7.11 Å². The van der Waals surface area contributed by atoms with Gasteiger partial charge in [-0.05, 0) is 37.0 Å². The summed E-state index contributed by atoms with van der Waals surface area (Å²) in [6.45, 7) is 4.34. The molecule has 0 fully saturated rings. The van der Waals surface area contributed by atoms with Crippen LogP contribution in [0.15, 0.2) is 12.1 Å². The van der Waals surface area contributed by atoms with Crippen LogP contribution in [-0.2, 0) is 6.42 Å². The molecule has 0 bridgehead atoms. The zero-order valence-electron chi connectivity index (χ0n) is 10.7. The Kier molecular flexibility index (Phi) is 3.95. The first-order valence-corrected chi connectivity index (χ1v) is 6.62. The maximum Gasteiger partial charge on any atom is 0.122 e. The summed E-state index contributed by atoms with van der Waals surface area (Å²) >= 11 is 6.35. The van der Waals surface area contributed by atoms with Crippen molar-refractivity contribution >= 4 is 11.6 Å². The fraction of sp³-hybridized carbons (Fsp3) is 0.571. The van der Waals surface area contributed by atoms with Gasteiger partial charge in [-0.25, -0.2) is 0 Å². The molecule has 2 nitrogen and oxygen atoms in total. The summed E-state index contributed by atoms with van der Waals surface area (Å²) in [6.07, 6.45) is 3.40. The second-order valence-electron chi connectivity index (χ2n) is 4.91. The molecule has 0 aliphatic heterocycles. The van der Waals surface area contributed by atoms with Gasteiger partial charge in [-0.3, -0.25) is 0 Å². The van der Waals surface area contributed by atoms with Crippen molar-refractivity contribution in [2.75, 3.05) is 7.11 Å². The Morgan fingerprint density at radius 3 is 2.82 bits per heavy atom. The number of halogens is 1. The standard InChI is InChI=1S/C14H20ClNO/c1-9(2)16-12-6-4-5-10-13(17-3)8-7-11(15)14(10)12/h7-9,12,16H,4-6H2,1-3H3. The Bertz CT molecular complexity index is 403. The van der Waals surface area contributed by atoms with Crippen LogP contribution in [0.1, 0.15) is 43.9 Å². The summed E-state index contributed by atoms with van der Waals surface area (Å²) in [7, 11) is 1.73. The molecule has 3 heteroatoms. The Hall–Kier alpha value is -0.730. The number of benzene rings is 1. The van der Waals surface area contributed by atoms with E-state index in [2.05, 4.69) is 19.2 Å². The quantitative estimate of drug-likeness (QED) is 0.887. The van der Waals surface area contributed by atoms with Gasteiger partial charge in [0.15, 0.2) is 0 Å². The molecule has 0 aromatic heterocycles. The molecule has 0 radical (unpaired) electrons. The van der Waals surface area contributed by atoms with E-state index in [-0.39, 0.29) is 0 Å². The van der Waals surface area contributed by atoms with E-state index in [1.165, 1.54) is 17.5 Å². The van der Waals surface area contributed by atoms with Gasteiger partial charge >= 0.3 is 0 Å². The van der Waals surface area contributed by atoms with Gasteiger partial charge in [-0.1, -0.05) is 25.4 Å². The molecule has 0 heterocycles. The summed E-state index contributed by atoms with van der Waals surface area (Å²) in [5, 5.41) is 4.45. The number of nitrogens with one attached hydrogen (secondary N) is 1. The third-order valence-electron chi connectivity index (χ3n) is 3.28. The monoisotopic (exact) mass is 253 g/mol. The molecule has 1 N–H and O–H groups in total. The highest BCUT2D eigenvalue weighted by atomic mass is 35.5. The van der Waals surface area contributed by atoms with Crippen LogP contribution in [0.4, 0.5) is 0 Å². The first-order valence-electron chi connectivity index (χ1n) is 6.24. The lowest BCUT2D eigenvalue weighted by molar-refractivity contribution is 0.388. The zero-order chi connectivity index (χ0) is 12.4. The van der Waals surface area contributed by atoms with E-state index >= 15 is 0 Å². The second-order valence-corrected chi connectivity index (χ2v) is 5.32. The molecule has 1 aromatic rings. The average molecular weight is 254 g/mol. The minimum Gasteiger partial charge on any atom is -0.496 e. The van der Waals surface area contributed by atoms with Crippen LogP contribution in [0.3, 0.4) is 0 Å². The molecule has 1 unspecified atom stereocenters. The lowest BCUT2D eigenvalue weighted by Gasteiger charge is -2.30. The maximum atomic E-state index is 6.35. The second kappa shape index (κ2) is 5.28. The molecule has 1 aliphatic carbocycles. The van der Waals surface area contributed by atoms with Gasteiger partial charge in [-0.2, -0.15) is 0 Å². The van der Waals surface area contributed by atoms with E-state index in [4.69, 9.17) is 16.3 Å². The number of methoxy groups -OCH3 is 1. The Morgan fingerprint density at radius 2 is 2.18 bits per heavy atom. The highest BCUT2D eigenvalue weighted by molar-refractivity contribution is 6.31. The van der Waals surface area contributed by atoms with E-state index in [0.29, 0.717) is 12.1 Å². The fourth-order valence-electron chi connectivity index (χ4n) is 2.64. The molecule has 94 valence electrons. The van der Waals surface area contributed by atoms with Gasteiger partial charge < -0.3 is 10.1 Å². The first-order chi connectivity index (χ1) is 8.13. The lowest BCUT2D eigenvalue weighted by atomic mass is 9.86. The largest absolute Gasteiger partial charge is 0.496 e. The zero-order valence-corrected chi connectivity index (χ0v) is 11.5. The maximum absolute atomic E-state index is 6.35. The van der Waals surface area contributed by atoms with Crippen molar-refractivity contribution in [2.45, 2.75) is 45.2 Å². The van der Waals surface area contributed by atoms with Crippen molar-refractivity contribution in [2.24, 2.45) is 0 Å². The lowest BCUT2D eigenvalue weighted by Crippen LogP contribution is -2.31. The van der Waals surface area contributed by atoms with Gasteiger partial charge in [0.05, 0.1) is 7.11 Å². The molecule has 2 rings (SSSR count). The van der Waals surface area contributed by atoms with Gasteiger partial charge in [-0.15, -0.1) is 0 Å². The van der Waals surface area contributed by atoms with Gasteiger partial charge in [0.25, 0.3) is 0 Å². The van der Waals surface area contributed by atoms with Crippen LogP contribution in [0, 0.1) is 0 Å². The topological polar surface area (TPSA) is 21.3 Å². The van der Waals surface area contributed by atoms with Crippen LogP contribution in [0.5, 0.6) is 5.75 Å². The highest BCUT2D eigenvalue weighted by Crippen LogP contribution is 2.39. The minimum atomic E-state index is 0.362. The number of hydrogen-bond acceptors (Lipinski definition) is 2. The molecule has 0 amide bonds. The SMILES string of the molecule is COc1ccc(Cl)c2c1CCCC2NC(C)C. The summed E-state index contributed by atoms with van der Waals surface area (Å²) in [4.78, 5) is 0. The third-order valence-corrected chi connectivity index (χ3v) is 3.61. The highest BCUT2D eigenvalue weighted by Gasteiger charge is 2.25. The van der Waals surface area contributed by atoms with Crippen LogP contribution >= 0.6 is 11.6 Å². The molecule has 1 aliphatic rings. The van der Waals surface area contributed by atoms with Gasteiger partial charge in [0.2, 0.25) is 0 Å². The summed E-state index contributed by atoms with van der Waals surface area (Å²) in [6, 6.07) is 4.74. The number of ether oxygens (including phenoxy) is 1. The smallest absolute Gasteiger partial charge is 0.122 e. The molecule has 0 spiro atoms. The molecule has 17 heavy (non-hydrogen) atoms. The third kappa shape index (κ3) is 2.58. The van der Waals surface area contributed by atoms with Crippen LogP contribution < -0.4 is 10.1 Å². The van der Waals surface area contributed by atoms with Crippen molar-refractivity contribution in [3.05, 3.63) is 28.3 Å². The first kappa shape index (κ1) is 12.7. The van der Waals surface area contributed by atoms with E-state index in [9.17, 15) is 0 Å². The summed E-state index contributed by atoms with van der Waals surface area (Å²) < 4.78 is 5.43. The predicted molar refractivity (Wildman–Crippen MR) is 72.0 cm³/mol. The summed E-state index contributed by atoms with van der Waals surface area (Å²) in [5.74, 6) is 0.972. The fourth-order valence-corrected chi connectivity index (χ4v) is 2.95. The van der Waals surface area contributed by atoms with E-state index < -0.39 is 0 Å². The minimum absolute atomic E-state index is 0.362. The van der Waals surface area contributed by atoms with Crippen molar-refractivity contribution in [1.29, 1.82) is 0 Å². The molecule has 0 saturated heterocycles. The number of hydrogen-bond donors (Lipinski definition) is 1. The molecular formula is C14H20ClNO. The molecule has 1 atom stereocenters. The molecular weight excluding hydrogens is 234 g/mol. The van der Waals surface area contributed by atoms with E-state index in [0.717, 1.165) is 23.6 Å². The number of rotatable bonds is 3. The van der Waals surface area contributed by atoms with Crippen molar-refractivity contribution in [3.63, 3.8) is 0 Å². The van der Waals surface area contributed by atoms with Crippen LogP contribution in [0.2, 0.25) is 5.02 Å². The normalized spacial score (nSPS) is 19.2. The Balaban J connectivity index is 2.42. The number of fused-ring (bicyclic) bond motifs is 1. The van der Waals surface area contributed by atoms with E-state index in [1.807, 2.05) is 12.1 Å². The Labute approximate surface area is 108 Å². The Morgan fingerprint density at radius 1 is 1.41 bits per heavy atom. The summed E-state index contributed by atoms with van der Waals surface area (Å²) in [5.41, 5.74) is 2.52. The van der Waals surface area contributed by atoms with Crippen molar-refractivity contribution in [3.8, 4) is 5.75 Å².